The van der Waals surface area contributed by atoms with Gasteiger partial charge in [0, 0.05) is 11.1 Å². The van der Waals surface area contributed by atoms with E-state index in [2.05, 4.69) is 9.97 Å². The Balaban J connectivity index is 2.08. The van der Waals surface area contributed by atoms with Gasteiger partial charge in [0.2, 0.25) is 0 Å². The van der Waals surface area contributed by atoms with Crippen molar-refractivity contribution in [2.45, 2.75) is 12.1 Å². The largest absolute Gasteiger partial charge is 0.461 e. The van der Waals surface area contributed by atoms with Crippen LogP contribution in [0.2, 0.25) is 0 Å². The molecule has 1 N–H and O–H groups in total. The third-order valence-corrected chi connectivity index (χ3v) is 3.97. The number of thioether (sulfide) groups is 1. The zero-order chi connectivity index (χ0) is 16.4. The average molecular weight is 323 g/mol. The predicted molar refractivity (Wildman–Crippen MR) is 89.2 cm³/mol. The lowest BCUT2D eigenvalue weighted by Gasteiger charge is -2.06. The Morgan fingerprint density at radius 3 is 2.43 bits per heavy atom. The molecule has 0 unspecified atom stereocenters. The zero-order valence-corrected chi connectivity index (χ0v) is 13.4. The zero-order valence-electron chi connectivity index (χ0n) is 12.6. The molecule has 2 heterocycles. The van der Waals surface area contributed by atoms with Gasteiger partial charge in [-0.3, -0.25) is 4.79 Å². The van der Waals surface area contributed by atoms with Crippen LogP contribution in [0.4, 0.5) is 0 Å². The lowest BCUT2D eigenvalue weighted by molar-refractivity contribution is 0.548. The molecule has 23 heavy (non-hydrogen) atoms. The van der Waals surface area contributed by atoms with Gasteiger partial charge in [0.1, 0.15) is 23.2 Å². The Bertz CT molecular complexity index is 949. The van der Waals surface area contributed by atoms with Gasteiger partial charge in [-0.05, 0) is 25.3 Å². The van der Waals surface area contributed by atoms with E-state index in [1.54, 1.807) is 0 Å². The number of nitrogens with zero attached hydrogens (tertiary/aromatic N) is 2. The van der Waals surface area contributed by atoms with Crippen LogP contribution in [0.25, 0.3) is 22.6 Å². The van der Waals surface area contributed by atoms with Crippen LogP contribution in [0.3, 0.4) is 0 Å². The number of aromatic nitrogens is 2. The van der Waals surface area contributed by atoms with Crippen LogP contribution < -0.4 is 5.56 Å². The minimum absolute atomic E-state index is 0.0180. The second-order valence-electron chi connectivity index (χ2n) is 4.90. The SMILES string of the molecule is CSc1nc(-c2ccc(-c3ccc(C)o3)cc2)c(C#N)c(=O)[nH]1. The molecule has 0 saturated heterocycles. The Labute approximate surface area is 137 Å². The summed E-state index contributed by atoms with van der Waals surface area (Å²) in [4.78, 5) is 18.9. The Morgan fingerprint density at radius 1 is 1.17 bits per heavy atom. The number of furan rings is 1. The summed E-state index contributed by atoms with van der Waals surface area (Å²) < 4.78 is 5.59. The minimum atomic E-state index is -0.424. The molecule has 1 aromatic carbocycles. The number of nitriles is 1. The molecule has 0 atom stereocenters. The average Bonchev–Trinajstić information content (AvgIpc) is 3.00. The molecule has 0 aliphatic carbocycles. The van der Waals surface area contributed by atoms with Gasteiger partial charge < -0.3 is 9.40 Å². The lowest BCUT2D eigenvalue weighted by atomic mass is 10.0. The van der Waals surface area contributed by atoms with Crippen LogP contribution in [-0.4, -0.2) is 16.2 Å². The van der Waals surface area contributed by atoms with Crippen LogP contribution in [0.5, 0.6) is 0 Å². The molecule has 0 fully saturated rings. The van der Waals surface area contributed by atoms with Crippen LogP contribution in [0, 0.1) is 18.3 Å². The lowest BCUT2D eigenvalue weighted by Crippen LogP contribution is -2.14. The molecule has 0 radical (unpaired) electrons. The maximum atomic E-state index is 12.0. The highest BCUT2D eigenvalue weighted by atomic mass is 32.2. The molecule has 0 bridgehead atoms. The van der Waals surface area contributed by atoms with Crippen LogP contribution in [0.1, 0.15) is 11.3 Å². The van der Waals surface area contributed by atoms with Gasteiger partial charge in [-0.1, -0.05) is 36.0 Å². The van der Waals surface area contributed by atoms with E-state index in [1.807, 2.05) is 55.6 Å². The van der Waals surface area contributed by atoms with Crippen LogP contribution in [-0.2, 0) is 0 Å². The Morgan fingerprint density at radius 2 is 1.87 bits per heavy atom. The van der Waals surface area contributed by atoms with Crippen molar-refractivity contribution in [3.8, 4) is 28.7 Å². The van der Waals surface area contributed by atoms with E-state index in [4.69, 9.17) is 4.42 Å². The van der Waals surface area contributed by atoms with E-state index < -0.39 is 5.56 Å². The van der Waals surface area contributed by atoms with Crippen LogP contribution >= 0.6 is 11.8 Å². The second kappa shape index (κ2) is 6.15. The topological polar surface area (TPSA) is 82.7 Å². The van der Waals surface area contributed by atoms with E-state index in [1.165, 1.54) is 11.8 Å². The van der Waals surface area contributed by atoms with E-state index in [-0.39, 0.29) is 5.56 Å². The van der Waals surface area contributed by atoms with Crippen molar-refractivity contribution in [3.63, 3.8) is 0 Å². The van der Waals surface area contributed by atoms with Gasteiger partial charge in [-0.2, -0.15) is 5.26 Å². The molecule has 114 valence electrons. The molecule has 3 rings (SSSR count). The summed E-state index contributed by atoms with van der Waals surface area (Å²) >= 11 is 1.32. The number of nitrogens with one attached hydrogen (secondary N) is 1. The van der Waals surface area contributed by atoms with E-state index in [9.17, 15) is 10.1 Å². The van der Waals surface area contributed by atoms with E-state index >= 15 is 0 Å². The first-order valence-corrected chi connectivity index (χ1v) is 8.10. The van der Waals surface area contributed by atoms with Gasteiger partial charge in [0.25, 0.3) is 5.56 Å². The van der Waals surface area contributed by atoms with Crippen molar-refractivity contribution in [2.24, 2.45) is 0 Å². The molecule has 3 aromatic rings. The molecule has 5 nitrogen and oxygen atoms in total. The Kier molecular flexibility index (Phi) is 4.04. The standard InChI is InChI=1S/C17H13N3O2S/c1-10-3-8-14(22-10)11-4-6-12(7-5-11)15-13(9-18)16(21)20-17(19-15)23-2/h3-8H,1-2H3,(H,19,20,21). The summed E-state index contributed by atoms with van der Waals surface area (Å²) in [5, 5.41) is 9.71. The van der Waals surface area contributed by atoms with Crippen molar-refractivity contribution in [1.29, 1.82) is 5.26 Å². The van der Waals surface area contributed by atoms with Crippen molar-refractivity contribution in [3.05, 3.63) is 58.1 Å². The minimum Gasteiger partial charge on any atom is -0.461 e. The first kappa shape index (κ1) is 15.1. The van der Waals surface area contributed by atoms with Gasteiger partial charge in [0.05, 0.1) is 5.69 Å². The molecular weight excluding hydrogens is 310 g/mol. The van der Waals surface area contributed by atoms with Crippen molar-refractivity contribution < 1.29 is 4.42 Å². The monoisotopic (exact) mass is 323 g/mol. The fourth-order valence-electron chi connectivity index (χ4n) is 2.24. The summed E-state index contributed by atoms with van der Waals surface area (Å²) in [6.45, 7) is 1.89. The Hall–Kier alpha value is -2.78. The third kappa shape index (κ3) is 2.91. The number of aromatic amines is 1. The summed E-state index contributed by atoms with van der Waals surface area (Å²) in [7, 11) is 0. The number of benzene rings is 1. The number of hydrogen-bond donors (Lipinski definition) is 1. The van der Waals surface area contributed by atoms with E-state index in [0.717, 1.165) is 22.6 Å². The number of rotatable bonds is 3. The smallest absolute Gasteiger partial charge is 0.270 e. The van der Waals surface area contributed by atoms with Gasteiger partial charge in [-0.15, -0.1) is 0 Å². The first-order valence-electron chi connectivity index (χ1n) is 6.88. The molecular formula is C17H13N3O2S. The fourth-order valence-corrected chi connectivity index (χ4v) is 2.62. The van der Waals surface area contributed by atoms with Crippen molar-refractivity contribution in [1.82, 2.24) is 9.97 Å². The molecule has 0 amide bonds. The van der Waals surface area contributed by atoms with Gasteiger partial charge in [0.15, 0.2) is 5.16 Å². The fraction of sp³-hybridized carbons (Fsp3) is 0.118. The molecule has 0 saturated carbocycles. The third-order valence-electron chi connectivity index (χ3n) is 3.39. The number of hydrogen-bond acceptors (Lipinski definition) is 5. The highest BCUT2D eigenvalue weighted by Crippen LogP contribution is 2.26. The maximum absolute atomic E-state index is 12.0. The quantitative estimate of drug-likeness (QED) is 0.588. The van der Waals surface area contributed by atoms with Crippen molar-refractivity contribution >= 4 is 11.8 Å². The number of aryl methyl sites for hydroxylation is 1. The normalized spacial score (nSPS) is 10.5. The maximum Gasteiger partial charge on any atom is 0.270 e. The van der Waals surface area contributed by atoms with Gasteiger partial charge >= 0.3 is 0 Å². The van der Waals surface area contributed by atoms with Gasteiger partial charge in [-0.25, -0.2) is 4.98 Å². The summed E-state index contributed by atoms with van der Waals surface area (Å²) in [6, 6.07) is 13.2. The predicted octanol–water partition coefficient (Wildman–Crippen LogP) is 3.60. The summed E-state index contributed by atoms with van der Waals surface area (Å²) in [5.74, 6) is 1.62. The highest BCUT2D eigenvalue weighted by Gasteiger charge is 2.13. The number of H-pyrrole nitrogens is 1. The second-order valence-corrected chi connectivity index (χ2v) is 5.69. The molecule has 0 spiro atoms. The summed E-state index contributed by atoms with van der Waals surface area (Å²) in [6.07, 6.45) is 1.82. The van der Waals surface area contributed by atoms with Crippen LogP contribution in [0.15, 0.2) is 50.8 Å². The van der Waals surface area contributed by atoms with Crippen molar-refractivity contribution in [2.75, 3.05) is 6.26 Å². The molecule has 6 heteroatoms. The first-order chi connectivity index (χ1) is 11.1. The summed E-state index contributed by atoms with van der Waals surface area (Å²) in [5.41, 5.74) is 1.63. The molecule has 0 aliphatic rings. The van der Waals surface area contributed by atoms with E-state index in [0.29, 0.717) is 10.9 Å². The molecule has 2 aromatic heterocycles. The molecule has 0 aliphatic heterocycles. The highest BCUT2D eigenvalue weighted by molar-refractivity contribution is 7.98.